The summed E-state index contributed by atoms with van der Waals surface area (Å²) in [5.74, 6) is -0.316. The van der Waals surface area contributed by atoms with Gasteiger partial charge in [0.25, 0.3) is 0 Å². The molecule has 0 saturated heterocycles. The van der Waals surface area contributed by atoms with Gasteiger partial charge in [-0.15, -0.1) is 0 Å². The van der Waals surface area contributed by atoms with Crippen molar-refractivity contribution in [2.75, 3.05) is 40.8 Å². The highest BCUT2D eigenvalue weighted by Gasteiger charge is 2.28. The molecule has 0 aromatic carbocycles. The Balaban J connectivity index is 2.61. The van der Waals surface area contributed by atoms with E-state index in [2.05, 4.69) is 15.5 Å². The maximum Gasteiger partial charge on any atom is 0.246 e. The summed E-state index contributed by atoms with van der Waals surface area (Å²) in [5, 5.41) is 9.25. The number of nitrogens with zero attached hydrogens (tertiary/aromatic N) is 3. The molecule has 0 aliphatic carbocycles. The molecule has 0 spiro atoms. The zero-order chi connectivity index (χ0) is 16.9. The first-order valence-corrected chi connectivity index (χ1v) is 8.49. The van der Waals surface area contributed by atoms with Crippen molar-refractivity contribution in [2.45, 2.75) is 25.2 Å². The molecule has 1 rings (SSSR count). The highest BCUT2D eigenvalue weighted by atomic mass is 32.2. The highest BCUT2D eigenvalue weighted by molar-refractivity contribution is 7.89. The Morgan fingerprint density at radius 1 is 1.27 bits per heavy atom. The van der Waals surface area contributed by atoms with Crippen molar-refractivity contribution in [3.63, 3.8) is 0 Å². The number of aromatic nitrogens is 2. The van der Waals surface area contributed by atoms with E-state index in [1.807, 2.05) is 19.0 Å². The van der Waals surface area contributed by atoms with Crippen LogP contribution in [0.25, 0.3) is 0 Å². The predicted octanol–water partition coefficient (Wildman–Crippen LogP) is -0.285. The minimum absolute atomic E-state index is 0.135. The van der Waals surface area contributed by atoms with Crippen LogP contribution in [0.15, 0.2) is 4.90 Å². The number of aromatic amines is 1. The number of carbonyl (C=O) groups is 1. The van der Waals surface area contributed by atoms with Crippen LogP contribution >= 0.6 is 0 Å². The maximum atomic E-state index is 12.5. The first-order chi connectivity index (χ1) is 10.2. The normalized spacial score (nSPS) is 12.1. The number of hydrogen-bond acceptors (Lipinski definition) is 5. The lowest BCUT2D eigenvalue weighted by molar-refractivity contribution is -0.121. The van der Waals surface area contributed by atoms with Gasteiger partial charge in [-0.3, -0.25) is 9.89 Å². The van der Waals surface area contributed by atoms with Crippen LogP contribution in [0.5, 0.6) is 0 Å². The zero-order valence-electron chi connectivity index (χ0n) is 13.8. The SMILES string of the molecule is Cc1n[nH]c(C)c1S(=O)(=O)N(C)CC(=O)NCCCN(C)C. The Hall–Kier alpha value is -1.45. The molecular formula is C13H25N5O3S. The fraction of sp³-hybridized carbons (Fsp3) is 0.692. The van der Waals surface area contributed by atoms with Crippen molar-refractivity contribution < 1.29 is 13.2 Å². The highest BCUT2D eigenvalue weighted by Crippen LogP contribution is 2.20. The van der Waals surface area contributed by atoms with Crippen LogP contribution in [0, 0.1) is 13.8 Å². The number of H-pyrrole nitrogens is 1. The molecular weight excluding hydrogens is 306 g/mol. The van der Waals surface area contributed by atoms with Crippen LogP contribution in [-0.2, 0) is 14.8 Å². The summed E-state index contributed by atoms with van der Waals surface area (Å²) in [6.07, 6.45) is 0.815. The Kier molecular flexibility index (Phi) is 6.51. The average molecular weight is 331 g/mol. The molecule has 0 saturated carbocycles. The van der Waals surface area contributed by atoms with Crippen molar-refractivity contribution in [1.82, 2.24) is 24.7 Å². The Morgan fingerprint density at radius 3 is 2.41 bits per heavy atom. The van der Waals surface area contributed by atoms with Gasteiger partial charge in [0.05, 0.1) is 17.9 Å². The minimum Gasteiger partial charge on any atom is -0.355 e. The summed E-state index contributed by atoms with van der Waals surface area (Å²) in [5.41, 5.74) is 0.867. The van der Waals surface area contributed by atoms with E-state index >= 15 is 0 Å². The van der Waals surface area contributed by atoms with Crippen molar-refractivity contribution in [3.05, 3.63) is 11.4 Å². The summed E-state index contributed by atoms with van der Waals surface area (Å²) in [6.45, 7) is 4.43. The number of carbonyl (C=O) groups excluding carboxylic acids is 1. The third kappa shape index (κ3) is 4.79. The Morgan fingerprint density at radius 2 is 1.91 bits per heavy atom. The molecule has 0 fully saturated rings. The summed E-state index contributed by atoms with van der Waals surface area (Å²) in [4.78, 5) is 14.0. The number of nitrogens with one attached hydrogen (secondary N) is 2. The molecule has 126 valence electrons. The lowest BCUT2D eigenvalue weighted by Gasteiger charge is -2.17. The van der Waals surface area contributed by atoms with E-state index in [4.69, 9.17) is 0 Å². The number of aryl methyl sites for hydroxylation is 2. The minimum atomic E-state index is -3.73. The molecule has 1 amide bonds. The van der Waals surface area contributed by atoms with Gasteiger partial charge in [-0.1, -0.05) is 0 Å². The van der Waals surface area contributed by atoms with Crippen LogP contribution in [0.4, 0.5) is 0 Å². The van der Waals surface area contributed by atoms with Crippen molar-refractivity contribution in [2.24, 2.45) is 0 Å². The molecule has 1 heterocycles. The molecule has 22 heavy (non-hydrogen) atoms. The van der Waals surface area contributed by atoms with Gasteiger partial charge in [-0.05, 0) is 40.9 Å². The Labute approximate surface area is 131 Å². The molecule has 0 unspecified atom stereocenters. The van der Waals surface area contributed by atoms with E-state index in [1.54, 1.807) is 13.8 Å². The fourth-order valence-corrected chi connectivity index (χ4v) is 3.49. The van der Waals surface area contributed by atoms with Gasteiger partial charge >= 0.3 is 0 Å². The second-order valence-electron chi connectivity index (χ2n) is 5.53. The molecule has 0 bridgehead atoms. The predicted molar refractivity (Wildman–Crippen MR) is 84.1 cm³/mol. The van der Waals surface area contributed by atoms with E-state index in [-0.39, 0.29) is 17.3 Å². The second kappa shape index (κ2) is 7.70. The van der Waals surface area contributed by atoms with Crippen LogP contribution in [0.1, 0.15) is 17.8 Å². The molecule has 0 aliphatic rings. The Bertz CT molecular complexity index is 590. The molecule has 0 radical (unpaired) electrons. The lowest BCUT2D eigenvalue weighted by Crippen LogP contribution is -2.39. The molecule has 8 nitrogen and oxygen atoms in total. The van der Waals surface area contributed by atoms with Gasteiger partial charge < -0.3 is 10.2 Å². The smallest absolute Gasteiger partial charge is 0.246 e. The number of amides is 1. The topological polar surface area (TPSA) is 98.4 Å². The third-order valence-corrected chi connectivity index (χ3v) is 5.27. The van der Waals surface area contributed by atoms with E-state index < -0.39 is 10.0 Å². The van der Waals surface area contributed by atoms with Crippen molar-refractivity contribution in [3.8, 4) is 0 Å². The second-order valence-corrected chi connectivity index (χ2v) is 7.51. The van der Waals surface area contributed by atoms with E-state index in [9.17, 15) is 13.2 Å². The number of hydrogen-bond donors (Lipinski definition) is 2. The van der Waals surface area contributed by atoms with Gasteiger partial charge in [0.1, 0.15) is 4.90 Å². The first kappa shape index (κ1) is 18.6. The number of sulfonamides is 1. The van der Waals surface area contributed by atoms with Gasteiger partial charge in [0, 0.05) is 13.6 Å². The van der Waals surface area contributed by atoms with E-state index in [1.165, 1.54) is 7.05 Å². The van der Waals surface area contributed by atoms with Gasteiger partial charge in [0.15, 0.2) is 0 Å². The monoisotopic (exact) mass is 331 g/mol. The largest absolute Gasteiger partial charge is 0.355 e. The summed E-state index contributed by atoms with van der Waals surface area (Å²) < 4.78 is 26.0. The van der Waals surface area contributed by atoms with Crippen LogP contribution < -0.4 is 5.32 Å². The standard InChI is InChI=1S/C13H25N5O3S/c1-10-13(11(2)16-15-10)22(20,21)18(5)9-12(19)14-7-6-8-17(3)4/h6-9H2,1-5H3,(H,14,19)(H,15,16). The molecule has 2 N–H and O–H groups in total. The summed E-state index contributed by atoms with van der Waals surface area (Å²) in [7, 11) is 1.58. The average Bonchev–Trinajstić information content (AvgIpc) is 2.74. The third-order valence-electron chi connectivity index (χ3n) is 3.20. The van der Waals surface area contributed by atoms with Gasteiger partial charge in [0.2, 0.25) is 15.9 Å². The fourth-order valence-electron chi connectivity index (χ4n) is 2.04. The molecule has 0 aliphatic heterocycles. The molecule has 0 atom stereocenters. The lowest BCUT2D eigenvalue weighted by atomic mass is 10.4. The van der Waals surface area contributed by atoms with Crippen molar-refractivity contribution >= 4 is 15.9 Å². The van der Waals surface area contributed by atoms with Crippen LogP contribution in [-0.4, -0.2) is 74.5 Å². The van der Waals surface area contributed by atoms with E-state index in [0.29, 0.717) is 17.9 Å². The van der Waals surface area contributed by atoms with Gasteiger partial charge in [-0.2, -0.15) is 9.40 Å². The van der Waals surface area contributed by atoms with Crippen molar-refractivity contribution in [1.29, 1.82) is 0 Å². The summed E-state index contributed by atoms with van der Waals surface area (Å²) >= 11 is 0. The molecule has 1 aromatic heterocycles. The molecule has 1 aromatic rings. The molecule has 9 heteroatoms. The van der Waals surface area contributed by atoms with Crippen LogP contribution in [0.2, 0.25) is 0 Å². The number of likely N-dealkylation sites (N-methyl/N-ethyl adjacent to an activating group) is 1. The zero-order valence-corrected chi connectivity index (χ0v) is 14.6. The van der Waals surface area contributed by atoms with Gasteiger partial charge in [-0.25, -0.2) is 8.42 Å². The quantitative estimate of drug-likeness (QED) is 0.638. The van der Waals surface area contributed by atoms with Crippen LogP contribution in [0.3, 0.4) is 0 Å². The first-order valence-electron chi connectivity index (χ1n) is 7.05. The maximum absolute atomic E-state index is 12.5. The summed E-state index contributed by atoms with van der Waals surface area (Å²) in [6, 6.07) is 0. The number of rotatable bonds is 8. The van der Waals surface area contributed by atoms with E-state index in [0.717, 1.165) is 17.3 Å².